The molecule has 0 fully saturated rings. The van der Waals surface area contributed by atoms with Crippen LogP contribution in [0.15, 0.2) is 36.5 Å². The number of aliphatic hydroxyl groups is 2. The van der Waals surface area contributed by atoms with Crippen molar-refractivity contribution in [3.05, 3.63) is 36.5 Å². The third-order valence-corrected chi connectivity index (χ3v) is 13.0. The van der Waals surface area contributed by atoms with Crippen LogP contribution >= 0.6 is 0 Å². The highest BCUT2D eigenvalue weighted by Gasteiger charge is 2.24. The lowest BCUT2D eigenvalue weighted by Gasteiger charge is -2.24. The maximum absolute atomic E-state index is 13.2. The van der Waals surface area contributed by atoms with E-state index in [0.29, 0.717) is 19.3 Å². The first kappa shape index (κ1) is 62.1. The van der Waals surface area contributed by atoms with Gasteiger partial charge in [-0.2, -0.15) is 0 Å². The summed E-state index contributed by atoms with van der Waals surface area (Å²) in [4.78, 5) is 26.2. The average Bonchev–Trinajstić information content (AvgIpc) is 3.29. The Morgan fingerprint density at radius 2 is 0.797 bits per heavy atom. The Morgan fingerprint density at radius 3 is 1.23 bits per heavy atom. The van der Waals surface area contributed by atoms with Gasteiger partial charge in [0.15, 0.2) is 0 Å². The second-order valence-corrected chi connectivity index (χ2v) is 19.3. The molecule has 6 heteroatoms. The van der Waals surface area contributed by atoms with Crippen LogP contribution in [-0.4, -0.2) is 46.9 Å². The predicted octanol–water partition coefficient (Wildman–Crippen LogP) is 17.2. The third-order valence-electron chi connectivity index (χ3n) is 13.0. The molecule has 1 amide bonds. The summed E-state index contributed by atoms with van der Waals surface area (Å²) in [6.07, 6.45) is 62.0. The summed E-state index contributed by atoms with van der Waals surface area (Å²) in [6, 6.07) is -0.703. The van der Waals surface area contributed by atoms with Gasteiger partial charge in [0.2, 0.25) is 5.91 Å². The fourth-order valence-electron chi connectivity index (χ4n) is 8.67. The lowest BCUT2D eigenvalue weighted by Crippen LogP contribution is -2.46. The zero-order valence-electron chi connectivity index (χ0n) is 42.9. The number of esters is 1. The van der Waals surface area contributed by atoms with Gasteiger partial charge in [-0.3, -0.25) is 9.59 Å². The van der Waals surface area contributed by atoms with E-state index in [1.165, 1.54) is 180 Å². The Labute approximate surface area is 398 Å². The Hall–Kier alpha value is -1.92. The number of carbonyl (C=O) groups excluding carboxylic acids is 2. The topological polar surface area (TPSA) is 95.9 Å². The minimum Gasteiger partial charge on any atom is -0.462 e. The molecule has 376 valence electrons. The van der Waals surface area contributed by atoms with E-state index in [1.54, 1.807) is 0 Å². The summed E-state index contributed by atoms with van der Waals surface area (Å²) in [7, 11) is 0. The van der Waals surface area contributed by atoms with Gasteiger partial charge in [-0.15, -0.1) is 0 Å². The summed E-state index contributed by atoms with van der Waals surface area (Å²) < 4.78 is 5.95. The molecule has 3 atom stereocenters. The van der Waals surface area contributed by atoms with Crippen molar-refractivity contribution in [3.63, 3.8) is 0 Å². The Morgan fingerprint density at radius 1 is 0.453 bits per heavy atom. The van der Waals surface area contributed by atoms with Crippen molar-refractivity contribution in [2.24, 2.45) is 0 Å². The lowest BCUT2D eigenvalue weighted by molar-refractivity contribution is -0.151. The smallest absolute Gasteiger partial charge is 0.306 e. The van der Waals surface area contributed by atoms with Crippen molar-refractivity contribution in [3.8, 4) is 0 Å². The van der Waals surface area contributed by atoms with E-state index in [2.05, 4.69) is 62.5 Å². The van der Waals surface area contributed by atoms with Crippen LogP contribution in [0.25, 0.3) is 0 Å². The first-order valence-corrected chi connectivity index (χ1v) is 28.2. The van der Waals surface area contributed by atoms with Gasteiger partial charge < -0.3 is 20.3 Å². The van der Waals surface area contributed by atoms with E-state index in [0.717, 1.165) is 70.6 Å². The Balaban J connectivity index is 4.57. The van der Waals surface area contributed by atoms with Gasteiger partial charge in [-0.1, -0.05) is 256 Å². The highest BCUT2D eigenvalue weighted by atomic mass is 16.5. The van der Waals surface area contributed by atoms with Gasteiger partial charge >= 0.3 is 5.97 Å². The number of rotatable bonds is 51. The standard InChI is InChI=1S/C58H109NO5/c1-4-7-10-13-16-19-22-25-28-29-30-33-36-39-42-45-48-51-58(63)64-54(49-46-43-40-37-34-31-26-23-20-17-14-11-8-5-2)52-57(62)59-55(53-60)56(61)50-47-44-41-38-35-32-27-24-21-18-15-12-9-6-3/h16,19,25,28,30,33,54-56,60-61H,4-15,17-18,20-24,26-27,29,31-32,34-53H2,1-3H3,(H,59,62)/b19-16-,28-25-,33-30-. The summed E-state index contributed by atoms with van der Waals surface area (Å²) in [5, 5.41) is 23.9. The van der Waals surface area contributed by atoms with Crippen molar-refractivity contribution >= 4 is 11.9 Å². The van der Waals surface area contributed by atoms with Gasteiger partial charge in [0.05, 0.1) is 25.2 Å². The monoisotopic (exact) mass is 900 g/mol. The molecule has 0 bridgehead atoms. The van der Waals surface area contributed by atoms with Crippen molar-refractivity contribution in [2.75, 3.05) is 6.61 Å². The minimum absolute atomic E-state index is 0.0729. The van der Waals surface area contributed by atoms with E-state index < -0.39 is 18.2 Å². The van der Waals surface area contributed by atoms with E-state index in [1.807, 2.05) is 0 Å². The molecule has 0 aliphatic carbocycles. The summed E-state index contributed by atoms with van der Waals surface area (Å²) >= 11 is 0. The average molecular weight is 901 g/mol. The number of hydrogen-bond acceptors (Lipinski definition) is 5. The molecule has 0 saturated heterocycles. The SMILES string of the molecule is CCCCC/C=C\C/C=C\C/C=C\CCCCCCC(=O)OC(CCCCCCCCCCCCCCCC)CC(=O)NC(CO)C(O)CCCCCCCCCCCCCCCC. The first-order chi connectivity index (χ1) is 31.5. The molecule has 3 unspecified atom stereocenters. The molecule has 3 N–H and O–H groups in total. The van der Waals surface area contributed by atoms with Crippen LogP contribution in [0.3, 0.4) is 0 Å². The summed E-state index contributed by atoms with van der Waals surface area (Å²) in [6.45, 7) is 6.48. The molecule has 0 saturated carbocycles. The van der Waals surface area contributed by atoms with Crippen LogP contribution in [0.2, 0.25) is 0 Å². The zero-order chi connectivity index (χ0) is 46.7. The van der Waals surface area contributed by atoms with Gasteiger partial charge in [0.1, 0.15) is 6.10 Å². The van der Waals surface area contributed by atoms with Crippen LogP contribution < -0.4 is 5.32 Å². The molecular formula is C58H109NO5. The molecule has 0 rings (SSSR count). The number of unbranched alkanes of at least 4 members (excludes halogenated alkanes) is 33. The molecule has 0 aromatic heterocycles. The summed E-state index contributed by atoms with van der Waals surface area (Å²) in [5.74, 6) is -0.484. The van der Waals surface area contributed by atoms with Gasteiger partial charge in [-0.05, 0) is 64.2 Å². The molecular weight excluding hydrogens is 791 g/mol. The van der Waals surface area contributed by atoms with Crippen LogP contribution in [0.1, 0.15) is 297 Å². The molecule has 0 aromatic rings. The van der Waals surface area contributed by atoms with E-state index in [-0.39, 0.29) is 24.9 Å². The lowest BCUT2D eigenvalue weighted by atomic mass is 10.0. The first-order valence-electron chi connectivity index (χ1n) is 28.2. The molecule has 0 spiro atoms. The fraction of sp³-hybridized carbons (Fsp3) is 0.862. The van der Waals surface area contributed by atoms with Crippen LogP contribution in [0.5, 0.6) is 0 Å². The van der Waals surface area contributed by atoms with Gasteiger partial charge in [0.25, 0.3) is 0 Å². The Kier molecular flexibility index (Phi) is 50.5. The number of hydrogen-bond donors (Lipinski definition) is 3. The molecule has 6 nitrogen and oxygen atoms in total. The Bertz CT molecular complexity index is 1060. The third kappa shape index (κ3) is 46.6. The van der Waals surface area contributed by atoms with Gasteiger partial charge in [-0.25, -0.2) is 0 Å². The zero-order valence-corrected chi connectivity index (χ0v) is 42.9. The number of amides is 1. The highest BCUT2D eigenvalue weighted by Crippen LogP contribution is 2.18. The minimum atomic E-state index is -0.789. The maximum atomic E-state index is 13.2. The predicted molar refractivity (Wildman–Crippen MR) is 278 cm³/mol. The molecule has 64 heavy (non-hydrogen) atoms. The highest BCUT2D eigenvalue weighted by molar-refractivity contribution is 5.77. The van der Waals surface area contributed by atoms with E-state index in [9.17, 15) is 19.8 Å². The fourth-order valence-corrected chi connectivity index (χ4v) is 8.67. The molecule has 0 heterocycles. The number of aliphatic hydroxyl groups excluding tert-OH is 2. The largest absolute Gasteiger partial charge is 0.462 e. The van der Waals surface area contributed by atoms with Crippen molar-refractivity contribution < 1.29 is 24.5 Å². The van der Waals surface area contributed by atoms with Crippen LogP contribution in [0.4, 0.5) is 0 Å². The van der Waals surface area contributed by atoms with Crippen LogP contribution in [-0.2, 0) is 14.3 Å². The maximum Gasteiger partial charge on any atom is 0.306 e. The van der Waals surface area contributed by atoms with E-state index in [4.69, 9.17) is 4.74 Å². The normalized spacial score (nSPS) is 13.4. The summed E-state index contributed by atoms with van der Waals surface area (Å²) in [5.41, 5.74) is 0. The van der Waals surface area contributed by atoms with Crippen molar-refractivity contribution in [1.29, 1.82) is 0 Å². The van der Waals surface area contributed by atoms with Crippen LogP contribution in [0, 0.1) is 0 Å². The molecule has 0 aromatic carbocycles. The number of ether oxygens (including phenoxy) is 1. The molecule has 0 aliphatic rings. The molecule has 0 aliphatic heterocycles. The molecule has 0 radical (unpaired) electrons. The number of nitrogens with one attached hydrogen (secondary N) is 1. The van der Waals surface area contributed by atoms with E-state index >= 15 is 0 Å². The van der Waals surface area contributed by atoms with Gasteiger partial charge in [0, 0.05) is 6.42 Å². The number of carbonyl (C=O) groups is 2. The second kappa shape index (κ2) is 52.1. The van der Waals surface area contributed by atoms with Crippen molar-refractivity contribution in [2.45, 2.75) is 315 Å². The number of allylic oxidation sites excluding steroid dienone is 6. The van der Waals surface area contributed by atoms with Crippen molar-refractivity contribution in [1.82, 2.24) is 5.32 Å². The second-order valence-electron chi connectivity index (χ2n) is 19.3. The quantitative estimate of drug-likeness (QED) is 0.0321.